The zero-order valence-electron chi connectivity index (χ0n) is 7.12. The van der Waals surface area contributed by atoms with E-state index in [-0.39, 0.29) is 0 Å². The molecule has 0 heterocycles. The van der Waals surface area contributed by atoms with Crippen molar-refractivity contribution in [3.05, 3.63) is 11.1 Å². The minimum absolute atomic E-state index is 1.22. The molecule has 0 heteroatoms. The number of hydrogen-bond acceptors (Lipinski definition) is 0. The highest BCUT2D eigenvalue weighted by molar-refractivity contribution is 5.10. The fourth-order valence-corrected chi connectivity index (χ4v) is 1.10. The summed E-state index contributed by atoms with van der Waals surface area (Å²) in [5.41, 5.74) is 3.22. The van der Waals surface area contributed by atoms with Crippen LogP contribution in [0.3, 0.4) is 0 Å². The molecule has 0 N–H and O–H groups in total. The third-order valence-electron chi connectivity index (χ3n) is 1.99. The minimum atomic E-state index is 1.22. The zero-order chi connectivity index (χ0) is 7.28. The van der Waals surface area contributed by atoms with E-state index in [4.69, 9.17) is 0 Å². The third-order valence-corrected chi connectivity index (χ3v) is 1.99. The van der Waals surface area contributed by atoms with Crippen LogP contribution in [0.2, 0.25) is 0 Å². The summed E-state index contributed by atoms with van der Waals surface area (Å²) in [4.78, 5) is 0. The summed E-state index contributed by atoms with van der Waals surface area (Å²) < 4.78 is 0. The number of rotatable bonds is 3. The van der Waals surface area contributed by atoms with Gasteiger partial charge in [-0.2, -0.15) is 0 Å². The second kappa shape index (κ2) is 4.60. The molecular weight excluding hydrogens is 108 g/mol. The van der Waals surface area contributed by atoms with Crippen LogP contribution in [0.15, 0.2) is 11.1 Å². The van der Waals surface area contributed by atoms with Crippen LogP contribution in [-0.4, -0.2) is 0 Å². The van der Waals surface area contributed by atoms with Gasteiger partial charge in [-0.25, -0.2) is 0 Å². The van der Waals surface area contributed by atoms with Crippen LogP contribution in [0.25, 0.3) is 0 Å². The van der Waals surface area contributed by atoms with E-state index in [1.165, 1.54) is 19.3 Å². The lowest BCUT2D eigenvalue weighted by atomic mass is 10.0. The van der Waals surface area contributed by atoms with Crippen LogP contribution < -0.4 is 0 Å². The first-order valence-corrected chi connectivity index (χ1v) is 3.93. The summed E-state index contributed by atoms with van der Waals surface area (Å²) in [7, 11) is 0. The van der Waals surface area contributed by atoms with E-state index >= 15 is 0 Å². The van der Waals surface area contributed by atoms with Gasteiger partial charge in [0.2, 0.25) is 0 Å². The Morgan fingerprint density at radius 3 is 1.44 bits per heavy atom. The Balaban J connectivity index is 4.01. The zero-order valence-corrected chi connectivity index (χ0v) is 7.12. The van der Waals surface area contributed by atoms with Gasteiger partial charge in [-0.1, -0.05) is 31.9 Å². The number of allylic oxidation sites excluding steroid dienone is 2. The highest BCUT2D eigenvalue weighted by Gasteiger charge is 1.93. The molecule has 54 valence electrons. The fraction of sp³-hybridized carbons (Fsp3) is 0.778. The maximum Gasteiger partial charge on any atom is -0.0346 e. The van der Waals surface area contributed by atoms with Gasteiger partial charge < -0.3 is 0 Å². The van der Waals surface area contributed by atoms with Crippen molar-refractivity contribution >= 4 is 0 Å². The van der Waals surface area contributed by atoms with E-state index in [0.717, 1.165) is 0 Å². The Kier molecular flexibility index (Phi) is 4.47. The molecule has 0 aromatic rings. The van der Waals surface area contributed by atoms with Gasteiger partial charge in [-0.15, -0.1) is 0 Å². The maximum absolute atomic E-state index is 2.24. The van der Waals surface area contributed by atoms with Crippen molar-refractivity contribution in [2.75, 3.05) is 0 Å². The molecule has 0 aliphatic carbocycles. The van der Waals surface area contributed by atoms with Crippen LogP contribution in [0.1, 0.15) is 47.0 Å². The third kappa shape index (κ3) is 2.69. The molecule has 0 aliphatic heterocycles. The lowest BCUT2D eigenvalue weighted by Crippen LogP contribution is -1.83. The molecule has 0 spiro atoms. The van der Waals surface area contributed by atoms with Crippen LogP contribution in [0, 0.1) is 0 Å². The SMILES string of the molecule is CCC(C)=C(CC)CC. The first kappa shape index (κ1) is 8.74. The van der Waals surface area contributed by atoms with Crippen molar-refractivity contribution < 1.29 is 0 Å². The summed E-state index contributed by atoms with van der Waals surface area (Å²) in [5, 5.41) is 0. The first-order valence-electron chi connectivity index (χ1n) is 3.93. The molecule has 0 saturated carbocycles. The van der Waals surface area contributed by atoms with Gasteiger partial charge in [0.05, 0.1) is 0 Å². The molecule has 0 rings (SSSR count). The molecule has 0 atom stereocenters. The Morgan fingerprint density at radius 2 is 1.33 bits per heavy atom. The van der Waals surface area contributed by atoms with E-state index in [9.17, 15) is 0 Å². The van der Waals surface area contributed by atoms with Gasteiger partial charge >= 0.3 is 0 Å². The molecule has 0 bridgehead atoms. The van der Waals surface area contributed by atoms with E-state index < -0.39 is 0 Å². The fourth-order valence-electron chi connectivity index (χ4n) is 1.10. The molecule has 0 unspecified atom stereocenters. The highest BCUT2D eigenvalue weighted by atomic mass is 14.0. The normalized spacial score (nSPS) is 9.33. The Labute approximate surface area is 59.0 Å². The van der Waals surface area contributed by atoms with Crippen molar-refractivity contribution in [1.82, 2.24) is 0 Å². The summed E-state index contributed by atoms with van der Waals surface area (Å²) in [6, 6.07) is 0. The average Bonchev–Trinajstić information content (AvgIpc) is 1.90. The van der Waals surface area contributed by atoms with Crippen LogP contribution in [-0.2, 0) is 0 Å². The topological polar surface area (TPSA) is 0 Å². The largest absolute Gasteiger partial charge is 0.0744 e. The Bertz CT molecular complexity index is 92.6. The molecule has 0 aromatic heterocycles. The monoisotopic (exact) mass is 126 g/mol. The van der Waals surface area contributed by atoms with Crippen LogP contribution >= 0.6 is 0 Å². The predicted molar refractivity (Wildman–Crippen MR) is 43.6 cm³/mol. The number of hydrogen-bond donors (Lipinski definition) is 0. The second-order valence-corrected chi connectivity index (χ2v) is 2.44. The Morgan fingerprint density at radius 1 is 0.889 bits per heavy atom. The van der Waals surface area contributed by atoms with E-state index in [1.54, 1.807) is 11.1 Å². The smallest absolute Gasteiger partial charge is 0.0346 e. The van der Waals surface area contributed by atoms with Gasteiger partial charge in [-0.3, -0.25) is 0 Å². The van der Waals surface area contributed by atoms with Gasteiger partial charge in [0.15, 0.2) is 0 Å². The van der Waals surface area contributed by atoms with E-state index in [1.807, 2.05) is 0 Å². The maximum atomic E-state index is 2.24. The highest BCUT2D eigenvalue weighted by Crippen LogP contribution is 2.14. The van der Waals surface area contributed by atoms with Gasteiger partial charge in [0.25, 0.3) is 0 Å². The summed E-state index contributed by atoms with van der Waals surface area (Å²) >= 11 is 0. The predicted octanol–water partition coefficient (Wildman–Crippen LogP) is 3.53. The molecule has 0 saturated heterocycles. The molecule has 9 heavy (non-hydrogen) atoms. The summed E-state index contributed by atoms with van der Waals surface area (Å²) in [6.07, 6.45) is 3.68. The van der Waals surface area contributed by atoms with Gasteiger partial charge in [0, 0.05) is 0 Å². The van der Waals surface area contributed by atoms with Crippen molar-refractivity contribution in [3.63, 3.8) is 0 Å². The van der Waals surface area contributed by atoms with Crippen LogP contribution in [0.4, 0.5) is 0 Å². The van der Waals surface area contributed by atoms with E-state index in [2.05, 4.69) is 27.7 Å². The second-order valence-electron chi connectivity index (χ2n) is 2.44. The molecule has 0 aromatic carbocycles. The molecule has 0 nitrogen and oxygen atoms in total. The molecular formula is C9H18. The molecule has 0 amide bonds. The van der Waals surface area contributed by atoms with Crippen molar-refractivity contribution in [1.29, 1.82) is 0 Å². The molecule has 0 radical (unpaired) electrons. The van der Waals surface area contributed by atoms with Crippen molar-refractivity contribution in [2.45, 2.75) is 47.0 Å². The van der Waals surface area contributed by atoms with Crippen LogP contribution in [0.5, 0.6) is 0 Å². The standard InChI is InChI=1S/C9H18/c1-5-8(4)9(6-2)7-3/h5-7H2,1-4H3. The summed E-state index contributed by atoms with van der Waals surface area (Å²) in [5.74, 6) is 0. The minimum Gasteiger partial charge on any atom is -0.0744 e. The summed E-state index contributed by atoms with van der Waals surface area (Å²) in [6.45, 7) is 8.93. The van der Waals surface area contributed by atoms with Crippen molar-refractivity contribution in [3.8, 4) is 0 Å². The molecule has 0 fully saturated rings. The first-order chi connectivity index (χ1) is 4.26. The van der Waals surface area contributed by atoms with Gasteiger partial charge in [-0.05, 0) is 26.2 Å². The lowest BCUT2D eigenvalue weighted by molar-refractivity contribution is 0.911. The van der Waals surface area contributed by atoms with Gasteiger partial charge in [0.1, 0.15) is 0 Å². The van der Waals surface area contributed by atoms with E-state index in [0.29, 0.717) is 0 Å². The Hall–Kier alpha value is -0.260. The molecule has 0 aliphatic rings. The lowest BCUT2D eigenvalue weighted by Gasteiger charge is -2.04. The quantitative estimate of drug-likeness (QED) is 0.507. The average molecular weight is 126 g/mol. The van der Waals surface area contributed by atoms with Crippen molar-refractivity contribution in [2.24, 2.45) is 0 Å².